The lowest BCUT2D eigenvalue weighted by Crippen LogP contribution is -2.66. The second kappa shape index (κ2) is 9.12. The van der Waals surface area contributed by atoms with E-state index in [2.05, 4.69) is 5.32 Å². The van der Waals surface area contributed by atoms with Crippen LogP contribution in [0.15, 0.2) is 12.2 Å². The quantitative estimate of drug-likeness (QED) is 0.371. The van der Waals surface area contributed by atoms with Crippen molar-refractivity contribution >= 4 is 11.9 Å². The molecule has 0 bridgehead atoms. The van der Waals surface area contributed by atoms with Crippen molar-refractivity contribution in [3.8, 4) is 0 Å². The number of hydrogen-bond donors (Lipinski definition) is 5. The van der Waals surface area contributed by atoms with Crippen LogP contribution in [-0.2, 0) is 14.3 Å². The zero-order valence-corrected chi connectivity index (χ0v) is 14.0. The van der Waals surface area contributed by atoms with E-state index in [4.69, 9.17) is 9.84 Å². The number of amides is 1. The average Bonchev–Trinajstić information content (AvgIpc) is 2.53. The molecule has 24 heavy (non-hydrogen) atoms. The van der Waals surface area contributed by atoms with E-state index >= 15 is 0 Å². The van der Waals surface area contributed by atoms with Crippen molar-refractivity contribution < 1.29 is 34.8 Å². The summed E-state index contributed by atoms with van der Waals surface area (Å²) in [5.41, 5.74) is -1.58. The van der Waals surface area contributed by atoms with E-state index in [1.54, 1.807) is 19.1 Å². The van der Waals surface area contributed by atoms with E-state index in [-0.39, 0.29) is 18.9 Å². The van der Waals surface area contributed by atoms with Gasteiger partial charge in [-0.3, -0.25) is 9.59 Å². The van der Waals surface area contributed by atoms with E-state index in [0.717, 1.165) is 0 Å². The fourth-order valence-electron chi connectivity index (χ4n) is 2.84. The van der Waals surface area contributed by atoms with Gasteiger partial charge in [-0.25, -0.2) is 0 Å². The molecule has 1 aliphatic rings. The number of rotatable bonds is 8. The summed E-state index contributed by atoms with van der Waals surface area (Å²) >= 11 is 0. The Labute approximate surface area is 141 Å². The second-order valence-corrected chi connectivity index (χ2v) is 6.26. The lowest BCUT2D eigenvalue weighted by atomic mass is 9.81. The third kappa shape index (κ3) is 5.55. The minimum atomic E-state index is -1.58. The average molecular weight is 345 g/mol. The van der Waals surface area contributed by atoms with Crippen LogP contribution in [0.25, 0.3) is 0 Å². The van der Waals surface area contributed by atoms with Crippen molar-refractivity contribution in [1.29, 1.82) is 0 Å². The van der Waals surface area contributed by atoms with E-state index in [9.17, 15) is 24.9 Å². The topological polar surface area (TPSA) is 136 Å². The van der Waals surface area contributed by atoms with E-state index in [0.29, 0.717) is 12.8 Å². The van der Waals surface area contributed by atoms with E-state index in [1.807, 2.05) is 0 Å². The van der Waals surface area contributed by atoms with E-state index < -0.39 is 42.3 Å². The molecule has 3 unspecified atom stereocenters. The van der Waals surface area contributed by atoms with Crippen LogP contribution < -0.4 is 5.32 Å². The van der Waals surface area contributed by atoms with Gasteiger partial charge in [0.2, 0.25) is 5.91 Å². The third-order valence-electron chi connectivity index (χ3n) is 4.17. The number of nitrogens with one attached hydrogen (secondary N) is 1. The van der Waals surface area contributed by atoms with Gasteiger partial charge in [0.25, 0.3) is 0 Å². The van der Waals surface area contributed by atoms with Gasteiger partial charge in [-0.15, -0.1) is 0 Å². The molecule has 0 aromatic carbocycles. The molecular weight excluding hydrogens is 318 g/mol. The van der Waals surface area contributed by atoms with Gasteiger partial charge in [0.05, 0.1) is 37.4 Å². The molecule has 5 atom stereocenters. The molecule has 5 N–H and O–H groups in total. The Kier molecular flexibility index (Phi) is 7.82. The first-order chi connectivity index (χ1) is 11.2. The number of ether oxygens (including phenoxy) is 1. The van der Waals surface area contributed by atoms with Crippen LogP contribution in [0.5, 0.6) is 0 Å². The highest BCUT2D eigenvalue weighted by Crippen LogP contribution is 2.31. The fraction of sp³-hybridized carbons (Fsp3) is 0.750. The lowest BCUT2D eigenvalue weighted by Gasteiger charge is -2.46. The molecule has 8 heteroatoms. The normalized spacial score (nSPS) is 31.8. The maximum absolute atomic E-state index is 11.4. The Morgan fingerprint density at radius 2 is 2.08 bits per heavy atom. The van der Waals surface area contributed by atoms with Crippen LogP contribution in [0, 0.1) is 5.92 Å². The summed E-state index contributed by atoms with van der Waals surface area (Å²) in [5.74, 6) is -1.90. The molecule has 8 nitrogen and oxygen atoms in total. The Morgan fingerprint density at radius 3 is 2.58 bits per heavy atom. The molecule has 1 aliphatic heterocycles. The Hall–Kier alpha value is -1.48. The molecule has 0 aromatic rings. The van der Waals surface area contributed by atoms with Crippen molar-refractivity contribution in [2.24, 2.45) is 5.92 Å². The maximum atomic E-state index is 11.4. The number of carboxylic acid groups (broad SMARTS) is 1. The molecule has 0 spiro atoms. The van der Waals surface area contributed by atoms with Crippen LogP contribution in [0.3, 0.4) is 0 Å². The maximum Gasteiger partial charge on any atom is 0.310 e. The van der Waals surface area contributed by atoms with Gasteiger partial charge in [-0.2, -0.15) is 0 Å². The predicted molar refractivity (Wildman–Crippen MR) is 85.2 cm³/mol. The van der Waals surface area contributed by atoms with Crippen molar-refractivity contribution in [1.82, 2.24) is 5.32 Å². The van der Waals surface area contributed by atoms with Gasteiger partial charge >= 0.3 is 5.97 Å². The van der Waals surface area contributed by atoms with Crippen molar-refractivity contribution in [3.05, 3.63) is 12.2 Å². The van der Waals surface area contributed by atoms with Gasteiger partial charge in [-0.05, 0) is 19.8 Å². The summed E-state index contributed by atoms with van der Waals surface area (Å²) < 4.78 is 5.71. The molecule has 0 aliphatic carbocycles. The molecule has 1 rings (SSSR count). The monoisotopic (exact) mass is 345 g/mol. The number of carbonyl (C=O) groups excluding carboxylic acids is 1. The summed E-state index contributed by atoms with van der Waals surface area (Å²) in [6, 6.07) is -0.812. The van der Waals surface area contributed by atoms with Crippen molar-refractivity contribution in [3.63, 3.8) is 0 Å². The first-order valence-electron chi connectivity index (χ1n) is 7.99. The standard InChI is InChI=1S/C16H27NO7/c1-10(15(21)22)5-3-4-6-13-14(17-11(2)20)16(23,9-19)7-12(8-18)24-13/h3,5,10,12-14,18-19,23H,4,6-9H2,1-2H3,(H,17,20)(H,21,22)/b5-3+/t10-,12?,13+,14?,16?/m1/s1. The summed E-state index contributed by atoms with van der Waals surface area (Å²) in [5, 5.41) is 40.9. The van der Waals surface area contributed by atoms with Crippen molar-refractivity contribution in [2.45, 2.75) is 57.0 Å². The molecule has 1 amide bonds. The fourth-order valence-corrected chi connectivity index (χ4v) is 2.84. The number of aliphatic hydroxyl groups is 3. The number of aliphatic carboxylic acids is 1. The number of allylic oxidation sites excluding steroid dienone is 1. The van der Waals surface area contributed by atoms with Crippen LogP contribution in [0.2, 0.25) is 0 Å². The van der Waals surface area contributed by atoms with Gasteiger partial charge in [0.15, 0.2) is 0 Å². The van der Waals surface area contributed by atoms with Gasteiger partial charge in [0.1, 0.15) is 5.60 Å². The van der Waals surface area contributed by atoms with Gasteiger partial charge in [0, 0.05) is 13.3 Å². The minimum Gasteiger partial charge on any atom is -0.481 e. The first-order valence-corrected chi connectivity index (χ1v) is 7.99. The summed E-state index contributed by atoms with van der Waals surface area (Å²) in [6.45, 7) is 1.99. The predicted octanol–water partition coefficient (Wildman–Crippen LogP) is -0.579. The zero-order chi connectivity index (χ0) is 18.3. The largest absolute Gasteiger partial charge is 0.481 e. The Bertz CT molecular complexity index is 467. The van der Waals surface area contributed by atoms with Crippen LogP contribution in [-0.4, -0.2) is 69.4 Å². The molecule has 138 valence electrons. The minimum absolute atomic E-state index is 0.00728. The van der Waals surface area contributed by atoms with Gasteiger partial charge in [-0.1, -0.05) is 12.2 Å². The molecule has 1 fully saturated rings. The Morgan fingerprint density at radius 1 is 1.42 bits per heavy atom. The summed E-state index contributed by atoms with van der Waals surface area (Å²) in [4.78, 5) is 22.2. The number of hydrogen-bond acceptors (Lipinski definition) is 6. The number of carboxylic acids is 1. The summed E-state index contributed by atoms with van der Waals surface area (Å²) in [7, 11) is 0. The lowest BCUT2D eigenvalue weighted by molar-refractivity contribution is -0.190. The van der Waals surface area contributed by atoms with Crippen LogP contribution >= 0.6 is 0 Å². The zero-order valence-electron chi connectivity index (χ0n) is 14.0. The number of carbonyl (C=O) groups is 2. The SMILES string of the molecule is CC(=O)NC1[C@H](CC/C=C/[C@@H](C)C(=O)O)OC(CO)CC1(O)CO. The van der Waals surface area contributed by atoms with Crippen LogP contribution in [0.1, 0.15) is 33.1 Å². The highest BCUT2D eigenvalue weighted by molar-refractivity contribution is 5.73. The third-order valence-corrected chi connectivity index (χ3v) is 4.17. The highest BCUT2D eigenvalue weighted by Gasteiger charge is 2.48. The van der Waals surface area contributed by atoms with Crippen molar-refractivity contribution in [2.75, 3.05) is 13.2 Å². The molecule has 0 aromatic heterocycles. The first kappa shape index (κ1) is 20.6. The molecule has 1 saturated heterocycles. The van der Waals surface area contributed by atoms with E-state index in [1.165, 1.54) is 6.92 Å². The molecule has 1 heterocycles. The van der Waals surface area contributed by atoms with Gasteiger partial charge < -0.3 is 30.5 Å². The second-order valence-electron chi connectivity index (χ2n) is 6.26. The Balaban J connectivity index is 2.81. The molecular formula is C16H27NO7. The number of aliphatic hydroxyl groups excluding tert-OH is 2. The highest BCUT2D eigenvalue weighted by atomic mass is 16.5. The smallest absolute Gasteiger partial charge is 0.310 e. The van der Waals surface area contributed by atoms with Crippen LogP contribution in [0.4, 0.5) is 0 Å². The molecule has 0 saturated carbocycles. The molecule has 0 radical (unpaired) electrons. The summed E-state index contributed by atoms with van der Waals surface area (Å²) in [6.07, 6.45) is 2.88.